The Kier molecular flexibility index (Phi) is 9.47. The maximum absolute atomic E-state index is 6.53. The molecule has 2 aliphatic carbocycles. The van der Waals surface area contributed by atoms with Crippen LogP contribution in [0.5, 0.6) is 0 Å². The van der Waals surface area contributed by atoms with Gasteiger partial charge >= 0.3 is 0 Å². The Bertz CT molecular complexity index is 3720. The molecule has 13 rings (SSSR count). The van der Waals surface area contributed by atoms with Gasteiger partial charge in [-0.05, 0) is 133 Å². The molecule has 0 radical (unpaired) electrons. The highest BCUT2D eigenvalue weighted by atomic mass is 16.3. The molecule has 0 amide bonds. The number of furan rings is 1. The highest BCUT2D eigenvalue weighted by molar-refractivity contribution is 6.06. The fraction of sp³-hybridized carbons (Fsp3) is 0.0606. The number of nitrogens with zero attached hydrogens (tertiary/aromatic N) is 1. The molecule has 2 nitrogen and oxygen atoms in total. The summed E-state index contributed by atoms with van der Waals surface area (Å²) in [5, 5.41) is 4.79. The quantitative estimate of drug-likeness (QED) is 0.151. The summed E-state index contributed by atoms with van der Waals surface area (Å²) in [5.74, 6) is 0.355. The van der Waals surface area contributed by atoms with E-state index in [1.54, 1.807) is 0 Å². The van der Waals surface area contributed by atoms with Crippen molar-refractivity contribution in [2.45, 2.75) is 18.8 Å². The highest BCUT2D eigenvalue weighted by Gasteiger charge is 2.47. The lowest BCUT2D eigenvalue weighted by molar-refractivity contribution is 0.668. The van der Waals surface area contributed by atoms with E-state index in [2.05, 4.69) is 254 Å². The molecule has 1 aromatic heterocycles. The zero-order chi connectivity index (χ0) is 45.2. The third-order valence-electron chi connectivity index (χ3n) is 14.5. The molecule has 2 aliphatic rings. The molecule has 0 bridgehead atoms. The average Bonchev–Trinajstić information content (AvgIpc) is 3.94. The largest absolute Gasteiger partial charge is 0.456 e. The Morgan fingerprint density at radius 3 is 1.81 bits per heavy atom. The van der Waals surface area contributed by atoms with E-state index in [9.17, 15) is 0 Å². The van der Waals surface area contributed by atoms with Crippen molar-refractivity contribution in [1.82, 2.24) is 0 Å². The minimum atomic E-state index is -0.528. The third-order valence-corrected chi connectivity index (χ3v) is 14.5. The summed E-state index contributed by atoms with van der Waals surface area (Å²) in [6, 6.07) is 86.9. The SMILES string of the molecule is CC1C=CC(N(c2ccc(-c3ccc(-c4ccc5ccccc5c4)cc3)cc2)c2cccc3c2-c2ccccc2C3(c2ccccc2)c2ccccc2)=C(c2ccc3c(c2)oc2ccccc23)C1. The first-order valence-corrected chi connectivity index (χ1v) is 23.8. The summed E-state index contributed by atoms with van der Waals surface area (Å²) in [4.78, 5) is 2.54. The van der Waals surface area contributed by atoms with E-state index in [4.69, 9.17) is 4.42 Å². The van der Waals surface area contributed by atoms with Gasteiger partial charge in [0.1, 0.15) is 11.2 Å². The van der Waals surface area contributed by atoms with Gasteiger partial charge in [0.05, 0.1) is 11.1 Å². The smallest absolute Gasteiger partial charge is 0.136 e. The van der Waals surface area contributed by atoms with Crippen molar-refractivity contribution in [1.29, 1.82) is 0 Å². The molecule has 1 atom stereocenters. The maximum Gasteiger partial charge on any atom is 0.136 e. The molecule has 0 saturated carbocycles. The molecule has 1 heterocycles. The zero-order valence-electron chi connectivity index (χ0n) is 37.8. The van der Waals surface area contributed by atoms with Crippen molar-refractivity contribution in [3.63, 3.8) is 0 Å². The lowest BCUT2D eigenvalue weighted by Gasteiger charge is -2.35. The Labute approximate surface area is 397 Å². The van der Waals surface area contributed by atoms with Crippen LogP contribution in [-0.4, -0.2) is 0 Å². The van der Waals surface area contributed by atoms with Gasteiger partial charge in [-0.1, -0.05) is 207 Å². The van der Waals surface area contributed by atoms with Crippen LogP contribution in [0, 0.1) is 5.92 Å². The molecular weight excluding hydrogens is 823 g/mol. The maximum atomic E-state index is 6.53. The van der Waals surface area contributed by atoms with E-state index in [1.807, 2.05) is 6.07 Å². The monoisotopic (exact) mass is 869 g/mol. The van der Waals surface area contributed by atoms with Crippen LogP contribution >= 0.6 is 0 Å². The first-order chi connectivity index (χ1) is 33.6. The summed E-state index contributed by atoms with van der Waals surface area (Å²) in [6.45, 7) is 2.32. The fourth-order valence-corrected chi connectivity index (χ4v) is 11.3. The number of hydrogen-bond acceptors (Lipinski definition) is 2. The molecule has 0 spiro atoms. The van der Waals surface area contributed by atoms with E-state index in [1.165, 1.54) is 77.5 Å². The van der Waals surface area contributed by atoms with Gasteiger partial charge in [-0.3, -0.25) is 0 Å². The van der Waals surface area contributed by atoms with E-state index in [0.717, 1.165) is 45.4 Å². The Morgan fingerprint density at radius 2 is 1.04 bits per heavy atom. The Balaban J connectivity index is 1.01. The third kappa shape index (κ3) is 6.40. The second-order valence-corrected chi connectivity index (χ2v) is 18.5. The van der Waals surface area contributed by atoms with E-state index >= 15 is 0 Å². The van der Waals surface area contributed by atoms with Crippen LogP contribution in [0.15, 0.2) is 259 Å². The zero-order valence-corrected chi connectivity index (χ0v) is 37.8. The topological polar surface area (TPSA) is 16.4 Å². The normalized spacial score (nSPS) is 14.9. The van der Waals surface area contributed by atoms with Crippen molar-refractivity contribution in [2.24, 2.45) is 5.92 Å². The van der Waals surface area contributed by atoms with Crippen LogP contribution < -0.4 is 4.90 Å². The summed E-state index contributed by atoms with van der Waals surface area (Å²) >= 11 is 0. The number of anilines is 2. The highest BCUT2D eigenvalue weighted by Crippen LogP contribution is 2.59. The molecular formula is C66H47NO. The van der Waals surface area contributed by atoms with Gasteiger partial charge in [0.2, 0.25) is 0 Å². The van der Waals surface area contributed by atoms with Crippen molar-refractivity contribution >= 4 is 49.7 Å². The molecule has 1 unspecified atom stereocenters. The molecule has 0 saturated heterocycles. The molecule has 68 heavy (non-hydrogen) atoms. The second-order valence-electron chi connectivity index (χ2n) is 18.5. The number of fused-ring (bicyclic) bond motifs is 7. The number of allylic oxidation sites excluding steroid dienone is 3. The molecule has 2 heteroatoms. The standard InChI is InChI=1S/C66H47NO/c1-44-27-40-61(58(41-44)51-36-39-56-55-21-11-13-26-63(55)68-64(56)43-51)67(54-37-34-47(35-38-54)46-28-30-48(31-29-46)50-33-32-45-15-8-9-16-49(45)42-50)62-25-14-24-60-65(62)57-22-10-12-23-59(57)66(60,52-17-4-2-5-18-52)53-19-6-3-7-20-53/h2-40,42-44H,41H2,1H3. The molecule has 11 aromatic rings. The fourth-order valence-electron chi connectivity index (χ4n) is 11.3. The van der Waals surface area contributed by atoms with Crippen molar-refractivity contribution in [3.8, 4) is 33.4 Å². The Hall–Kier alpha value is -8.46. The predicted molar refractivity (Wildman–Crippen MR) is 284 cm³/mol. The van der Waals surface area contributed by atoms with Crippen LogP contribution in [0.2, 0.25) is 0 Å². The van der Waals surface area contributed by atoms with Crippen LogP contribution in [0.25, 0.3) is 71.7 Å². The number of hydrogen-bond donors (Lipinski definition) is 0. The number of benzene rings is 10. The minimum absolute atomic E-state index is 0.355. The summed E-state index contributed by atoms with van der Waals surface area (Å²) in [6.07, 6.45) is 5.64. The predicted octanol–water partition coefficient (Wildman–Crippen LogP) is 17.6. The Morgan fingerprint density at radius 1 is 0.456 bits per heavy atom. The van der Waals surface area contributed by atoms with Gasteiger partial charge in [0.25, 0.3) is 0 Å². The van der Waals surface area contributed by atoms with Gasteiger partial charge in [-0.15, -0.1) is 0 Å². The summed E-state index contributed by atoms with van der Waals surface area (Å²) < 4.78 is 6.53. The molecule has 10 aromatic carbocycles. The van der Waals surface area contributed by atoms with Crippen LogP contribution in [0.4, 0.5) is 11.4 Å². The van der Waals surface area contributed by atoms with Gasteiger partial charge < -0.3 is 9.32 Å². The van der Waals surface area contributed by atoms with Crippen molar-refractivity contribution in [3.05, 3.63) is 282 Å². The van der Waals surface area contributed by atoms with Gasteiger partial charge in [-0.25, -0.2) is 0 Å². The first-order valence-electron chi connectivity index (χ1n) is 23.8. The van der Waals surface area contributed by atoms with Crippen LogP contribution in [0.3, 0.4) is 0 Å². The van der Waals surface area contributed by atoms with Gasteiger partial charge in [0, 0.05) is 27.7 Å². The lowest BCUT2D eigenvalue weighted by Crippen LogP contribution is -2.28. The van der Waals surface area contributed by atoms with Gasteiger partial charge in [0.15, 0.2) is 0 Å². The van der Waals surface area contributed by atoms with Crippen molar-refractivity contribution in [2.75, 3.05) is 4.90 Å². The molecule has 0 aliphatic heterocycles. The minimum Gasteiger partial charge on any atom is -0.456 e. The lowest BCUT2D eigenvalue weighted by atomic mass is 9.68. The van der Waals surface area contributed by atoms with E-state index in [-0.39, 0.29) is 0 Å². The molecule has 0 N–H and O–H groups in total. The van der Waals surface area contributed by atoms with E-state index in [0.29, 0.717) is 5.92 Å². The van der Waals surface area contributed by atoms with Crippen LogP contribution in [-0.2, 0) is 5.41 Å². The number of rotatable bonds is 8. The molecule has 322 valence electrons. The first kappa shape index (κ1) is 39.9. The average molecular weight is 870 g/mol. The summed E-state index contributed by atoms with van der Waals surface area (Å²) in [7, 11) is 0. The van der Waals surface area contributed by atoms with Crippen molar-refractivity contribution < 1.29 is 4.42 Å². The molecule has 0 fully saturated rings. The van der Waals surface area contributed by atoms with Gasteiger partial charge in [-0.2, -0.15) is 0 Å². The summed E-state index contributed by atoms with van der Waals surface area (Å²) in [5.41, 5.74) is 19.5. The van der Waals surface area contributed by atoms with E-state index < -0.39 is 5.41 Å². The second kappa shape index (κ2) is 16.2. The number of para-hydroxylation sites is 1. The van der Waals surface area contributed by atoms with Crippen LogP contribution in [0.1, 0.15) is 41.2 Å².